The van der Waals surface area contributed by atoms with Crippen molar-refractivity contribution in [3.05, 3.63) is 28.7 Å². The lowest BCUT2D eigenvalue weighted by atomic mass is 10.3. The highest BCUT2D eigenvalue weighted by Crippen LogP contribution is 2.14. The Morgan fingerprint density at radius 2 is 1.97 bits per heavy atom. The van der Waals surface area contributed by atoms with Crippen molar-refractivity contribution in [2.75, 3.05) is 37.7 Å². The van der Waals surface area contributed by atoms with Crippen LogP contribution in [0.2, 0.25) is 0 Å². The number of nitrogens with one attached hydrogen (secondary N) is 1. The van der Waals surface area contributed by atoms with Crippen molar-refractivity contribution < 1.29 is 14.3 Å². The molecule has 10 nitrogen and oxygen atoms in total. The zero-order valence-electron chi connectivity index (χ0n) is 16.9. The van der Waals surface area contributed by atoms with Gasteiger partial charge in [0.25, 0.3) is 5.56 Å². The van der Waals surface area contributed by atoms with Gasteiger partial charge in [-0.3, -0.25) is 9.36 Å². The van der Waals surface area contributed by atoms with E-state index in [9.17, 15) is 14.4 Å². The minimum Gasteiger partial charge on any atom is -0.464 e. The van der Waals surface area contributed by atoms with E-state index in [-0.39, 0.29) is 18.2 Å². The molecule has 0 spiro atoms. The molecular formula is C19H26N6O4. The van der Waals surface area contributed by atoms with E-state index >= 15 is 0 Å². The Bertz CT molecular complexity index is 951. The lowest BCUT2D eigenvalue weighted by Crippen LogP contribution is -2.55. The van der Waals surface area contributed by atoms with Crippen LogP contribution in [0.15, 0.2) is 23.1 Å². The first-order valence-corrected chi connectivity index (χ1v) is 9.78. The molecule has 2 aromatic heterocycles. The Labute approximate surface area is 168 Å². The van der Waals surface area contributed by atoms with Crippen LogP contribution in [0, 0.1) is 0 Å². The zero-order chi connectivity index (χ0) is 21.0. The lowest BCUT2D eigenvalue weighted by molar-refractivity contribution is -0.144. The van der Waals surface area contributed by atoms with E-state index in [1.165, 1.54) is 0 Å². The summed E-state index contributed by atoms with van der Waals surface area (Å²) in [6.45, 7) is 7.74. The van der Waals surface area contributed by atoms with Gasteiger partial charge >= 0.3 is 12.0 Å². The number of amides is 2. The Morgan fingerprint density at radius 3 is 2.62 bits per heavy atom. The Morgan fingerprint density at radius 1 is 1.24 bits per heavy atom. The van der Waals surface area contributed by atoms with Crippen LogP contribution in [0.3, 0.4) is 0 Å². The number of carbonyl (C=O) groups is 2. The van der Waals surface area contributed by atoms with Crippen LogP contribution in [0.5, 0.6) is 0 Å². The smallest absolute Gasteiger partial charge is 0.328 e. The third-order valence-corrected chi connectivity index (χ3v) is 4.85. The number of urea groups is 1. The van der Waals surface area contributed by atoms with Crippen molar-refractivity contribution >= 4 is 29.0 Å². The molecule has 3 heterocycles. The normalized spacial score (nSPS) is 15.3. The van der Waals surface area contributed by atoms with Crippen molar-refractivity contribution in [2.45, 2.75) is 33.4 Å². The third kappa shape index (κ3) is 4.30. The predicted molar refractivity (Wildman–Crippen MR) is 108 cm³/mol. The summed E-state index contributed by atoms with van der Waals surface area (Å²) in [4.78, 5) is 49.3. The molecule has 29 heavy (non-hydrogen) atoms. The number of fused-ring (bicyclic) bond motifs is 1. The summed E-state index contributed by atoms with van der Waals surface area (Å²) in [7, 11) is 0. The van der Waals surface area contributed by atoms with Crippen LogP contribution < -0.4 is 15.8 Å². The number of esters is 1. The number of hydrogen-bond donors (Lipinski definition) is 1. The minimum absolute atomic E-state index is 0.187. The molecule has 1 aliphatic rings. The topological polar surface area (TPSA) is 110 Å². The van der Waals surface area contributed by atoms with E-state index < -0.39 is 12.0 Å². The number of carbonyl (C=O) groups excluding carboxylic acids is 2. The van der Waals surface area contributed by atoms with E-state index in [4.69, 9.17) is 4.74 Å². The van der Waals surface area contributed by atoms with E-state index in [2.05, 4.69) is 15.3 Å². The molecule has 156 valence electrons. The Hall–Kier alpha value is -3.17. The molecular weight excluding hydrogens is 376 g/mol. The van der Waals surface area contributed by atoms with Gasteiger partial charge in [0.2, 0.25) is 0 Å². The summed E-state index contributed by atoms with van der Waals surface area (Å²) < 4.78 is 6.51. The number of ether oxygens (including phenoxy) is 1. The number of nitrogens with zero attached hydrogens (tertiary/aromatic N) is 5. The van der Waals surface area contributed by atoms with E-state index in [0.29, 0.717) is 49.7 Å². The monoisotopic (exact) mass is 402 g/mol. The summed E-state index contributed by atoms with van der Waals surface area (Å²) >= 11 is 0. The fraction of sp³-hybridized carbons (Fsp3) is 0.526. The third-order valence-electron chi connectivity index (χ3n) is 4.85. The summed E-state index contributed by atoms with van der Waals surface area (Å²) in [5.41, 5.74) is 1.04. The first kappa shape index (κ1) is 20.6. The Kier molecular flexibility index (Phi) is 6.30. The molecule has 0 bridgehead atoms. The molecule has 1 fully saturated rings. The number of aromatic nitrogens is 3. The van der Waals surface area contributed by atoms with Crippen molar-refractivity contribution in [2.24, 2.45) is 0 Å². The maximum absolute atomic E-state index is 12.9. The summed E-state index contributed by atoms with van der Waals surface area (Å²) in [5.74, 6) is -0.0964. The van der Waals surface area contributed by atoms with Gasteiger partial charge in [-0.25, -0.2) is 19.6 Å². The van der Waals surface area contributed by atoms with Crippen LogP contribution in [0.1, 0.15) is 20.8 Å². The number of aryl methyl sites for hydroxylation is 1. The largest absolute Gasteiger partial charge is 0.464 e. The number of anilines is 1. The molecule has 1 N–H and O–H groups in total. The number of hydrogen-bond acceptors (Lipinski definition) is 7. The summed E-state index contributed by atoms with van der Waals surface area (Å²) in [6.07, 6.45) is 1.64. The highest BCUT2D eigenvalue weighted by atomic mass is 16.5. The Balaban J connectivity index is 1.70. The van der Waals surface area contributed by atoms with Crippen molar-refractivity contribution in [1.82, 2.24) is 24.8 Å². The van der Waals surface area contributed by atoms with E-state index in [1.807, 2.05) is 17.9 Å². The minimum atomic E-state index is -0.716. The van der Waals surface area contributed by atoms with Gasteiger partial charge in [-0.2, -0.15) is 0 Å². The van der Waals surface area contributed by atoms with Gasteiger partial charge in [0.05, 0.1) is 6.61 Å². The molecule has 0 radical (unpaired) electrons. The van der Waals surface area contributed by atoms with Crippen LogP contribution in [0.25, 0.3) is 11.2 Å². The van der Waals surface area contributed by atoms with Crippen molar-refractivity contribution in [1.29, 1.82) is 0 Å². The first-order chi connectivity index (χ1) is 14.0. The highest BCUT2D eigenvalue weighted by Gasteiger charge is 2.26. The quantitative estimate of drug-likeness (QED) is 0.729. The second-order valence-corrected chi connectivity index (χ2v) is 6.73. The first-order valence-electron chi connectivity index (χ1n) is 9.78. The zero-order valence-corrected chi connectivity index (χ0v) is 16.9. The average molecular weight is 402 g/mol. The van der Waals surface area contributed by atoms with E-state index in [0.717, 1.165) is 0 Å². The van der Waals surface area contributed by atoms with Gasteiger partial charge in [0.1, 0.15) is 11.6 Å². The fourth-order valence-corrected chi connectivity index (χ4v) is 3.29. The maximum atomic E-state index is 12.9. The molecule has 0 saturated carbocycles. The highest BCUT2D eigenvalue weighted by molar-refractivity contribution is 5.83. The van der Waals surface area contributed by atoms with Crippen molar-refractivity contribution in [3.63, 3.8) is 0 Å². The number of rotatable bonds is 5. The van der Waals surface area contributed by atoms with Gasteiger partial charge in [-0.15, -0.1) is 0 Å². The molecule has 10 heteroatoms. The summed E-state index contributed by atoms with van der Waals surface area (Å²) in [6, 6.07) is 2.58. The number of piperazine rings is 1. The van der Waals surface area contributed by atoms with Crippen molar-refractivity contribution in [3.8, 4) is 0 Å². The van der Waals surface area contributed by atoms with Gasteiger partial charge in [0, 0.05) is 38.9 Å². The number of pyridine rings is 1. The molecule has 3 rings (SSSR count). The molecule has 2 aromatic rings. The summed E-state index contributed by atoms with van der Waals surface area (Å²) in [5, 5.41) is 2.65. The van der Waals surface area contributed by atoms with Crippen LogP contribution >= 0.6 is 0 Å². The lowest BCUT2D eigenvalue weighted by Gasteiger charge is -2.35. The SMILES string of the molecule is CCOC(=O)[C@@H](C)NC(=O)N1CCN(c2nc3cccnc3n(CC)c2=O)CC1. The van der Waals surface area contributed by atoms with Gasteiger partial charge in [-0.1, -0.05) is 0 Å². The molecule has 1 atom stereocenters. The van der Waals surface area contributed by atoms with Crippen LogP contribution in [-0.2, 0) is 16.1 Å². The molecule has 1 saturated heterocycles. The fourth-order valence-electron chi connectivity index (χ4n) is 3.29. The van der Waals surface area contributed by atoms with E-state index in [1.54, 1.807) is 35.6 Å². The standard InChI is InChI=1S/C19H26N6O4/c1-4-25-15-14(7-6-8-20-15)22-16(17(25)26)23-9-11-24(12-10-23)19(28)21-13(3)18(27)29-5-2/h6-8,13H,4-5,9-12H2,1-3H3,(H,21,28)/t13-/m1/s1. The maximum Gasteiger partial charge on any atom is 0.328 e. The van der Waals surface area contributed by atoms with Gasteiger partial charge in [0.15, 0.2) is 11.5 Å². The predicted octanol–water partition coefficient (Wildman–Crippen LogP) is 0.595. The molecule has 0 unspecified atom stereocenters. The molecule has 0 aromatic carbocycles. The molecule has 2 amide bonds. The average Bonchev–Trinajstić information content (AvgIpc) is 2.73. The second kappa shape index (κ2) is 8.89. The van der Waals surface area contributed by atoms with Gasteiger partial charge < -0.3 is 19.9 Å². The molecule has 1 aliphatic heterocycles. The van der Waals surface area contributed by atoms with Crippen LogP contribution in [-0.4, -0.2) is 70.3 Å². The van der Waals surface area contributed by atoms with Gasteiger partial charge in [-0.05, 0) is 32.9 Å². The second-order valence-electron chi connectivity index (χ2n) is 6.73. The van der Waals surface area contributed by atoms with Crippen LogP contribution in [0.4, 0.5) is 10.6 Å². The molecule has 0 aliphatic carbocycles.